The van der Waals surface area contributed by atoms with Crippen LogP contribution in [0.1, 0.15) is 12.0 Å². The van der Waals surface area contributed by atoms with Crippen molar-refractivity contribution in [3.8, 4) is 0 Å². The van der Waals surface area contributed by atoms with E-state index in [9.17, 15) is 0 Å². The van der Waals surface area contributed by atoms with Crippen molar-refractivity contribution in [2.75, 3.05) is 6.61 Å². The van der Waals surface area contributed by atoms with E-state index in [1.165, 1.54) is 5.56 Å². The highest BCUT2D eigenvalue weighted by Gasteiger charge is 1.88. The summed E-state index contributed by atoms with van der Waals surface area (Å²) in [4.78, 5) is 0. The van der Waals surface area contributed by atoms with Gasteiger partial charge >= 0.3 is 0 Å². The van der Waals surface area contributed by atoms with Gasteiger partial charge in [0.25, 0.3) is 0 Å². The molecule has 1 N–H and O–H groups in total. The van der Waals surface area contributed by atoms with Crippen LogP contribution in [-0.4, -0.2) is 11.7 Å². The zero-order valence-corrected chi connectivity index (χ0v) is 9.42. The number of benzene rings is 2. The Kier molecular flexibility index (Phi) is 6.77. The van der Waals surface area contributed by atoms with Gasteiger partial charge in [-0.1, -0.05) is 66.7 Å². The molecule has 0 saturated heterocycles. The fraction of sp³-hybridized carbons (Fsp3) is 0.200. The molecule has 0 radical (unpaired) electrons. The molecule has 0 aliphatic carbocycles. The molecule has 84 valence electrons. The first-order valence-electron chi connectivity index (χ1n) is 5.58. The number of aliphatic hydroxyl groups is 1. The molecule has 0 aliphatic heterocycles. The Morgan fingerprint density at radius 1 is 0.688 bits per heavy atom. The van der Waals surface area contributed by atoms with E-state index < -0.39 is 0 Å². The van der Waals surface area contributed by atoms with E-state index in [-0.39, 0.29) is 6.61 Å². The third-order valence-corrected chi connectivity index (χ3v) is 2.13. The maximum Gasteiger partial charge on any atom is 0.0434 e. The molecule has 0 atom stereocenters. The van der Waals surface area contributed by atoms with Gasteiger partial charge in [0.15, 0.2) is 0 Å². The maximum absolute atomic E-state index is 8.53. The molecule has 0 amide bonds. The summed E-state index contributed by atoms with van der Waals surface area (Å²) < 4.78 is 0. The minimum absolute atomic E-state index is 0.287. The summed E-state index contributed by atoms with van der Waals surface area (Å²) >= 11 is 0. The van der Waals surface area contributed by atoms with Gasteiger partial charge in [0.2, 0.25) is 0 Å². The molecule has 0 fully saturated rings. The van der Waals surface area contributed by atoms with Gasteiger partial charge in [-0.3, -0.25) is 0 Å². The number of rotatable bonds is 3. The van der Waals surface area contributed by atoms with E-state index in [0.29, 0.717) is 0 Å². The van der Waals surface area contributed by atoms with Gasteiger partial charge in [-0.25, -0.2) is 0 Å². The number of hydrogen-bond acceptors (Lipinski definition) is 1. The largest absolute Gasteiger partial charge is 0.396 e. The average molecular weight is 214 g/mol. The first-order chi connectivity index (χ1) is 7.93. The number of aryl methyl sites for hydroxylation is 1. The molecule has 0 heterocycles. The standard InChI is InChI=1S/C9H12O.C6H6/c10-8-4-7-9-5-2-1-3-6-9;1-2-4-6-5-3-1/h1-3,5-6,10H,4,7-8H2;1-6H. The van der Waals surface area contributed by atoms with Crippen molar-refractivity contribution >= 4 is 0 Å². The Morgan fingerprint density at radius 3 is 1.56 bits per heavy atom. The van der Waals surface area contributed by atoms with Gasteiger partial charge in [0.1, 0.15) is 0 Å². The molecular formula is C15H18O. The summed E-state index contributed by atoms with van der Waals surface area (Å²) in [5, 5.41) is 8.53. The molecule has 2 aromatic carbocycles. The lowest BCUT2D eigenvalue weighted by Gasteiger charge is -1.96. The Bertz CT molecular complexity index is 316. The van der Waals surface area contributed by atoms with Crippen LogP contribution in [0.4, 0.5) is 0 Å². The lowest BCUT2D eigenvalue weighted by molar-refractivity contribution is 0.288. The highest BCUT2D eigenvalue weighted by atomic mass is 16.2. The predicted octanol–water partition coefficient (Wildman–Crippen LogP) is 3.30. The summed E-state index contributed by atoms with van der Waals surface area (Å²) in [5.74, 6) is 0. The zero-order valence-electron chi connectivity index (χ0n) is 9.42. The highest BCUT2D eigenvalue weighted by molar-refractivity contribution is 5.14. The molecule has 1 heteroatoms. The fourth-order valence-corrected chi connectivity index (χ4v) is 1.31. The fourth-order valence-electron chi connectivity index (χ4n) is 1.31. The van der Waals surface area contributed by atoms with E-state index in [1.54, 1.807) is 0 Å². The first-order valence-corrected chi connectivity index (χ1v) is 5.58. The van der Waals surface area contributed by atoms with Gasteiger partial charge in [0, 0.05) is 6.61 Å². The minimum Gasteiger partial charge on any atom is -0.396 e. The monoisotopic (exact) mass is 214 g/mol. The summed E-state index contributed by atoms with van der Waals surface area (Å²) in [6.45, 7) is 0.287. The molecule has 0 aromatic heterocycles. The molecular weight excluding hydrogens is 196 g/mol. The predicted molar refractivity (Wildman–Crippen MR) is 68.3 cm³/mol. The van der Waals surface area contributed by atoms with Crippen LogP contribution < -0.4 is 0 Å². The molecule has 0 aliphatic rings. The van der Waals surface area contributed by atoms with E-state index in [1.807, 2.05) is 54.6 Å². The molecule has 0 bridgehead atoms. The van der Waals surface area contributed by atoms with Crippen molar-refractivity contribution in [2.45, 2.75) is 12.8 Å². The Balaban J connectivity index is 0.000000181. The summed E-state index contributed by atoms with van der Waals surface area (Å²) in [7, 11) is 0. The Hall–Kier alpha value is -1.60. The average Bonchev–Trinajstić information content (AvgIpc) is 2.40. The second-order valence-corrected chi connectivity index (χ2v) is 3.47. The smallest absolute Gasteiger partial charge is 0.0434 e. The van der Waals surface area contributed by atoms with Crippen LogP contribution in [0.2, 0.25) is 0 Å². The number of hydrogen-bond donors (Lipinski definition) is 1. The molecule has 1 nitrogen and oxygen atoms in total. The van der Waals surface area contributed by atoms with Crippen molar-refractivity contribution in [1.82, 2.24) is 0 Å². The maximum atomic E-state index is 8.53. The third-order valence-electron chi connectivity index (χ3n) is 2.13. The molecule has 0 unspecified atom stereocenters. The quantitative estimate of drug-likeness (QED) is 0.831. The second-order valence-electron chi connectivity index (χ2n) is 3.47. The third kappa shape index (κ3) is 5.99. The lowest BCUT2D eigenvalue weighted by atomic mass is 10.1. The van der Waals surface area contributed by atoms with E-state index in [2.05, 4.69) is 12.1 Å². The SMILES string of the molecule is OCCCc1ccccc1.c1ccccc1. The highest BCUT2D eigenvalue weighted by Crippen LogP contribution is 2.00. The topological polar surface area (TPSA) is 20.2 Å². The van der Waals surface area contributed by atoms with E-state index in [4.69, 9.17) is 5.11 Å². The van der Waals surface area contributed by atoms with Crippen molar-refractivity contribution in [1.29, 1.82) is 0 Å². The molecule has 0 saturated carbocycles. The Labute approximate surface area is 97.4 Å². The van der Waals surface area contributed by atoms with Gasteiger partial charge in [-0.15, -0.1) is 0 Å². The van der Waals surface area contributed by atoms with E-state index in [0.717, 1.165) is 12.8 Å². The van der Waals surface area contributed by atoms with Crippen molar-refractivity contribution in [3.05, 3.63) is 72.3 Å². The van der Waals surface area contributed by atoms with Crippen LogP contribution in [0.25, 0.3) is 0 Å². The van der Waals surface area contributed by atoms with Crippen LogP contribution in [0.15, 0.2) is 66.7 Å². The van der Waals surface area contributed by atoms with Gasteiger partial charge in [-0.05, 0) is 18.4 Å². The van der Waals surface area contributed by atoms with Crippen molar-refractivity contribution < 1.29 is 5.11 Å². The van der Waals surface area contributed by atoms with Crippen molar-refractivity contribution in [2.24, 2.45) is 0 Å². The lowest BCUT2D eigenvalue weighted by Crippen LogP contribution is -1.87. The summed E-state index contributed by atoms with van der Waals surface area (Å²) in [6, 6.07) is 22.2. The van der Waals surface area contributed by atoms with Crippen LogP contribution >= 0.6 is 0 Å². The normalized spacial score (nSPS) is 9.06. The molecule has 16 heavy (non-hydrogen) atoms. The Morgan fingerprint density at radius 2 is 1.12 bits per heavy atom. The minimum atomic E-state index is 0.287. The number of aliphatic hydroxyl groups excluding tert-OH is 1. The van der Waals surface area contributed by atoms with Gasteiger partial charge in [0.05, 0.1) is 0 Å². The molecule has 2 aromatic rings. The molecule has 2 rings (SSSR count). The summed E-state index contributed by atoms with van der Waals surface area (Å²) in [5.41, 5.74) is 1.30. The van der Waals surface area contributed by atoms with Crippen LogP contribution in [-0.2, 0) is 6.42 Å². The second kappa shape index (κ2) is 8.69. The summed E-state index contributed by atoms with van der Waals surface area (Å²) in [6.07, 6.45) is 1.85. The van der Waals surface area contributed by atoms with Crippen molar-refractivity contribution in [3.63, 3.8) is 0 Å². The van der Waals surface area contributed by atoms with Gasteiger partial charge < -0.3 is 5.11 Å². The first kappa shape index (κ1) is 12.5. The van der Waals surface area contributed by atoms with Crippen LogP contribution in [0.3, 0.4) is 0 Å². The van der Waals surface area contributed by atoms with Crippen LogP contribution in [0, 0.1) is 0 Å². The molecule has 0 spiro atoms. The zero-order chi connectivity index (χ0) is 11.5. The van der Waals surface area contributed by atoms with Gasteiger partial charge in [-0.2, -0.15) is 0 Å². The van der Waals surface area contributed by atoms with E-state index >= 15 is 0 Å². The van der Waals surface area contributed by atoms with Crippen LogP contribution in [0.5, 0.6) is 0 Å².